The fourth-order valence-corrected chi connectivity index (χ4v) is 6.15. The van der Waals surface area contributed by atoms with Gasteiger partial charge < -0.3 is 34.3 Å². The van der Waals surface area contributed by atoms with E-state index in [-0.39, 0.29) is 12.0 Å². The molecule has 0 aromatic heterocycles. The van der Waals surface area contributed by atoms with Gasteiger partial charge in [-0.25, -0.2) is 4.79 Å². The zero-order valence-corrected chi connectivity index (χ0v) is 29.1. The van der Waals surface area contributed by atoms with Gasteiger partial charge in [0, 0.05) is 32.4 Å². The number of unbranched alkanes of at least 4 members (excludes halogenated alkanes) is 12. The SMILES string of the molecule is CCCCCCCCCCCCCCCC(=O)NCCOCCOCCOCCOCCNC(=O)OCC1[C@H]2CCC#CCC[C@@H]12. The van der Waals surface area contributed by atoms with E-state index < -0.39 is 0 Å². The van der Waals surface area contributed by atoms with Gasteiger partial charge in [0.2, 0.25) is 5.91 Å². The van der Waals surface area contributed by atoms with Gasteiger partial charge in [0.15, 0.2) is 0 Å². The summed E-state index contributed by atoms with van der Waals surface area (Å²) in [5.74, 6) is 8.38. The molecule has 0 heterocycles. The summed E-state index contributed by atoms with van der Waals surface area (Å²) in [6, 6.07) is 0. The van der Waals surface area contributed by atoms with Crippen LogP contribution in [-0.4, -0.2) is 84.6 Å². The number of rotatable bonds is 31. The highest BCUT2D eigenvalue weighted by atomic mass is 16.6. The third-order valence-electron chi connectivity index (χ3n) is 8.95. The van der Waals surface area contributed by atoms with E-state index in [9.17, 15) is 9.59 Å². The first kappa shape index (κ1) is 40.3. The molecule has 1 unspecified atom stereocenters. The Hall–Kier alpha value is -1.86. The van der Waals surface area contributed by atoms with Crippen LogP contribution < -0.4 is 10.6 Å². The predicted molar refractivity (Wildman–Crippen MR) is 183 cm³/mol. The van der Waals surface area contributed by atoms with Crippen molar-refractivity contribution in [3.05, 3.63) is 0 Å². The van der Waals surface area contributed by atoms with Crippen LogP contribution in [0.4, 0.5) is 4.79 Å². The molecule has 2 N–H and O–H groups in total. The van der Waals surface area contributed by atoms with Crippen molar-refractivity contribution in [2.24, 2.45) is 17.8 Å². The van der Waals surface area contributed by atoms with E-state index in [4.69, 9.17) is 23.7 Å². The Kier molecular flexibility index (Phi) is 25.7. The molecule has 0 spiro atoms. The fourth-order valence-electron chi connectivity index (χ4n) is 6.15. The second-order valence-corrected chi connectivity index (χ2v) is 12.7. The average Bonchev–Trinajstić information content (AvgIpc) is 3.70. The number of carbonyl (C=O) groups excluding carboxylic acids is 2. The van der Waals surface area contributed by atoms with Gasteiger partial charge in [-0.05, 0) is 37.0 Å². The lowest BCUT2D eigenvalue weighted by Crippen LogP contribution is -2.29. The molecule has 46 heavy (non-hydrogen) atoms. The largest absolute Gasteiger partial charge is 0.449 e. The van der Waals surface area contributed by atoms with Gasteiger partial charge in [-0.15, -0.1) is 11.8 Å². The first-order valence-electron chi connectivity index (χ1n) is 18.7. The lowest BCUT2D eigenvalue weighted by Gasteiger charge is -2.09. The average molecular weight is 651 g/mol. The molecule has 3 atom stereocenters. The number of ether oxygens (including phenoxy) is 5. The van der Waals surface area contributed by atoms with Crippen LogP contribution in [0.3, 0.4) is 0 Å². The van der Waals surface area contributed by atoms with E-state index in [0.717, 1.165) is 38.5 Å². The second kappa shape index (κ2) is 29.3. The Morgan fingerprint density at radius 3 is 1.52 bits per heavy atom. The Bertz CT molecular complexity index is 797. The van der Waals surface area contributed by atoms with Gasteiger partial charge in [0.25, 0.3) is 0 Å². The van der Waals surface area contributed by atoms with Gasteiger partial charge >= 0.3 is 6.09 Å². The van der Waals surface area contributed by atoms with Crippen LogP contribution in [0.25, 0.3) is 0 Å². The molecule has 0 aromatic rings. The van der Waals surface area contributed by atoms with Crippen molar-refractivity contribution in [3.63, 3.8) is 0 Å². The number of fused-ring (bicyclic) bond motifs is 1. The van der Waals surface area contributed by atoms with Gasteiger partial charge in [0.1, 0.15) is 0 Å². The molecule has 9 nitrogen and oxygen atoms in total. The zero-order valence-electron chi connectivity index (χ0n) is 29.1. The minimum Gasteiger partial charge on any atom is -0.449 e. The van der Waals surface area contributed by atoms with Crippen LogP contribution in [0.2, 0.25) is 0 Å². The zero-order chi connectivity index (χ0) is 32.8. The summed E-state index contributed by atoms with van der Waals surface area (Å²) in [5, 5.41) is 5.67. The summed E-state index contributed by atoms with van der Waals surface area (Å²) < 4.78 is 27.4. The smallest absolute Gasteiger partial charge is 0.407 e. The standard InChI is InChI=1S/C37H66N2O7/c1-2-3-4-5-6-7-8-9-10-11-12-13-18-21-36(40)38-22-24-42-26-28-44-30-31-45-29-27-43-25-23-39-37(41)46-32-35-33-19-16-14-15-17-20-34(33)35/h33-35H,2-13,16-32H2,1H3,(H,38,40)(H,39,41)/t33-,34+,35?. The molecule has 0 radical (unpaired) electrons. The van der Waals surface area contributed by atoms with Crippen LogP contribution in [0, 0.1) is 29.6 Å². The third kappa shape index (κ3) is 22.6. The summed E-state index contributed by atoms with van der Waals surface area (Å²) in [4.78, 5) is 23.9. The Morgan fingerprint density at radius 1 is 0.587 bits per heavy atom. The van der Waals surface area contributed by atoms with Crippen LogP contribution in [-0.2, 0) is 28.5 Å². The van der Waals surface area contributed by atoms with Crippen molar-refractivity contribution >= 4 is 12.0 Å². The number of alkyl carbamates (subject to hydrolysis) is 1. The van der Waals surface area contributed by atoms with E-state index in [1.807, 2.05) is 0 Å². The molecule has 2 aliphatic rings. The molecule has 1 saturated carbocycles. The fraction of sp³-hybridized carbons (Fsp3) is 0.892. The first-order valence-corrected chi connectivity index (χ1v) is 18.7. The maximum atomic E-state index is 12.0. The van der Waals surface area contributed by atoms with E-state index in [1.165, 1.54) is 70.6 Å². The van der Waals surface area contributed by atoms with Crippen molar-refractivity contribution in [1.29, 1.82) is 0 Å². The predicted octanol–water partition coefficient (Wildman–Crippen LogP) is 6.82. The monoisotopic (exact) mass is 650 g/mol. The molecule has 2 aliphatic carbocycles. The maximum absolute atomic E-state index is 12.0. The van der Waals surface area contributed by atoms with Crippen LogP contribution in [0.5, 0.6) is 0 Å². The highest BCUT2D eigenvalue weighted by Gasteiger charge is 2.49. The highest BCUT2D eigenvalue weighted by molar-refractivity contribution is 5.75. The molecular weight excluding hydrogens is 584 g/mol. The number of hydrogen-bond acceptors (Lipinski definition) is 7. The summed E-state index contributed by atoms with van der Waals surface area (Å²) >= 11 is 0. The van der Waals surface area contributed by atoms with Crippen LogP contribution in [0.15, 0.2) is 0 Å². The molecule has 0 saturated heterocycles. The Balaban J connectivity index is 1.20. The van der Waals surface area contributed by atoms with Crippen molar-refractivity contribution in [1.82, 2.24) is 10.6 Å². The van der Waals surface area contributed by atoms with Crippen molar-refractivity contribution in [2.75, 3.05) is 72.6 Å². The summed E-state index contributed by atoms with van der Waals surface area (Å²) in [7, 11) is 0. The van der Waals surface area contributed by atoms with Gasteiger partial charge in [-0.2, -0.15) is 0 Å². The molecule has 0 aromatic carbocycles. The molecule has 266 valence electrons. The van der Waals surface area contributed by atoms with E-state index in [2.05, 4.69) is 29.4 Å². The maximum Gasteiger partial charge on any atom is 0.407 e. The number of amides is 2. The third-order valence-corrected chi connectivity index (χ3v) is 8.95. The summed E-state index contributed by atoms with van der Waals surface area (Å²) in [5.41, 5.74) is 0. The normalized spacial score (nSPS) is 18.5. The molecule has 0 aliphatic heterocycles. The molecule has 2 rings (SSSR count). The first-order chi connectivity index (χ1) is 22.7. The highest BCUT2D eigenvalue weighted by Crippen LogP contribution is 2.52. The number of nitrogens with one attached hydrogen (secondary N) is 2. The van der Waals surface area contributed by atoms with Crippen molar-refractivity contribution < 1.29 is 33.3 Å². The van der Waals surface area contributed by atoms with Gasteiger partial charge in [-0.3, -0.25) is 4.79 Å². The van der Waals surface area contributed by atoms with E-state index >= 15 is 0 Å². The lowest BCUT2D eigenvalue weighted by atomic mass is 10.0. The lowest BCUT2D eigenvalue weighted by molar-refractivity contribution is -0.121. The molecule has 1 fully saturated rings. The quantitative estimate of drug-likeness (QED) is 0.0627. The van der Waals surface area contributed by atoms with Gasteiger partial charge in [-0.1, -0.05) is 84.0 Å². The number of hydrogen-bond donors (Lipinski definition) is 2. The number of carbonyl (C=O) groups is 2. The molecule has 0 bridgehead atoms. The van der Waals surface area contributed by atoms with Crippen molar-refractivity contribution in [2.45, 2.75) is 122 Å². The Morgan fingerprint density at radius 2 is 1.02 bits per heavy atom. The topological polar surface area (TPSA) is 104 Å². The molecule has 2 amide bonds. The molecular formula is C37H66N2O7. The van der Waals surface area contributed by atoms with E-state index in [1.54, 1.807) is 0 Å². The van der Waals surface area contributed by atoms with E-state index in [0.29, 0.717) is 96.7 Å². The minimum atomic E-state index is -0.374. The Labute approximate surface area is 280 Å². The summed E-state index contributed by atoms with van der Waals surface area (Å²) in [6.45, 7) is 7.51. The van der Waals surface area contributed by atoms with Crippen LogP contribution >= 0.6 is 0 Å². The molecule has 9 heteroatoms. The van der Waals surface area contributed by atoms with Crippen molar-refractivity contribution in [3.8, 4) is 11.8 Å². The van der Waals surface area contributed by atoms with Crippen LogP contribution in [0.1, 0.15) is 122 Å². The minimum absolute atomic E-state index is 0.117. The second-order valence-electron chi connectivity index (χ2n) is 12.7. The van der Waals surface area contributed by atoms with Gasteiger partial charge in [0.05, 0.1) is 59.5 Å². The summed E-state index contributed by atoms with van der Waals surface area (Å²) in [6.07, 6.45) is 21.5.